The zero-order valence-corrected chi connectivity index (χ0v) is 16.4. The maximum Gasteiger partial charge on any atom is 0.251 e. The molecule has 0 saturated carbocycles. The van der Waals surface area contributed by atoms with Crippen LogP contribution in [0.15, 0.2) is 30.3 Å². The number of hydrogen-bond acceptors (Lipinski definition) is 3. The third kappa shape index (κ3) is 9.00. The maximum atomic E-state index is 12.1. The summed E-state index contributed by atoms with van der Waals surface area (Å²) in [6.45, 7) is 9.56. The standard InChI is InChI=1S/C18H31N3O3S/c1-4-21(5-2)14-9-10-16(3)20-25(23,24)15-13-19-18(22)17-11-7-6-8-12-17/h6-8,11-12,16,20H,4-5,9-10,13-15H2,1-3H3,(H,19,22)/p+1/t16-/m0/s1. The highest BCUT2D eigenvalue weighted by molar-refractivity contribution is 7.89. The fourth-order valence-electron chi connectivity index (χ4n) is 2.68. The van der Waals surface area contributed by atoms with Gasteiger partial charge in [-0.15, -0.1) is 0 Å². The van der Waals surface area contributed by atoms with Crippen molar-refractivity contribution in [3.63, 3.8) is 0 Å². The number of amides is 1. The Bertz CT molecular complexity index is 601. The van der Waals surface area contributed by atoms with Crippen molar-refractivity contribution in [2.75, 3.05) is 31.9 Å². The summed E-state index contributed by atoms with van der Waals surface area (Å²) in [5.74, 6) is -0.372. The summed E-state index contributed by atoms with van der Waals surface area (Å²) in [6.07, 6.45) is 1.81. The van der Waals surface area contributed by atoms with E-state index in [2.05, 4.69) is 23.9 Å². The van der Waals surface area contributed by atoms with E-state index < -0.39 is 10.0 Å². The van der Waals surface area contributed by atoms with Crippen LogP contribution in [0.2, 0.25) is 0 Å². The van der Waals surface area contributed by atoms with Crippen LogP contribution in [0.3, 0.4) is 0 Å². The number of rotatable bonds is 12. The van der Waals surface area contributed by atoms with Crippen molar-refractivity contribution in [3.05, 3.63) is 35.9 Å². The lowest BCUT2D eigenvalue weighted by Crippen LogP contribution is -3.11. The van der Waals surface area contributed by atoms with Gasteiger partial charge in [0.1, 0.15) is 0 Å². The van der Waals surface area contributed by atoms with Crippen molar-refractivity contribution in [1.82, 2.24) is 10.0 Å². The minimum absolute atomic E-state index is 0.0928. The van der Waals surface area contributed by atoms with E-state index in [9.17, 15) is 13.2 Å². The molecule has 6 nitrogen and oxygen atoms in total. The molecule has 0 aromatic heterocycles. The zero-order chi connectivity index (χ0) is 18.7. The van der Waals surface area contributed by atoms with Gasteiger partial charge in [-0.25, -0.2) is 13.1 Å². The first-order valence-corrected chi connectivity index (χ1v) is 10.7. The molecular weight excluding hydrogens is 338 g/mol. The summed E-state index contributed by atoms with van der Waals surface area (Å²) in [5, 5.41) is 2.64. The van der Waals surface area contributed by atoms with Gasteiger partial charge in [-0.05, 0) is 45.7 Å². The van der Waals surface area contributed by atoms with Crippen molar-refractivity contribution >= 4 is 15.9 Å². The van der Waals surface area contributed by atoms with E-state index in [0.717, 1.165) is 32.5 Å². The molecule has 142 valence electrons. The summed E-state index contributed by atoms with van der Waals surface area (Å²) < 4.78 is 26.9. The second-order valence-corrected chi connectivity index (χ2v) is 8.18. The molecule has 0 heterocycles. The van der Waals surface area contributed by atoms with Crippen LogP contribution in [0.5, 0.6) is 0 Å². The molecule has 0 fully saturated rings. The van der Waals surface area contributed by atoms with Crippen molar-refractivity contribution in [3.8, 4) is 0 Å². The number of hydrogen-bond donors (Lipinski definition) is 3. The molecule has 0 radical (unpaired) electrons. The van der Waals surface area contributed by atoms with Crippen LogP contribution in [0.1, 0.15) is 44.0 Å². The highest BCUT2D eigenvalue weighted by Crippen LogP contribution is 1.99. The number of sulfonamides is 1. The summed E-state index contributed by atoms with van der Waals surface area (Å²) in [7, 11) is -3.39. The van der Waals surface area contributed by atoms with Crippen LogP contribution in [0, 0.1) is 0 Å². The van der Waals surface area contributed by atoms with Gasteiger partial charge in [-0.3, -0.25) is 4.79 Å². The molecule has 1 aromatic rings. The van der Waals surface area contributed by atoms with Crippen molar-refractivity contribution in [1.29, 1.82) is 0 Å². The van der Waals surface area contributed by atoms with Gasteiger partial charge in [0.05, 0.1) is 25.4 Å². The van der Waals surface area contributed by atoms with Crippen molar-refractivity contribution in [2.45, 2.75) is 39.7 Å². The van der Waals surface area contributed by atoms with Crippen LogP contribution in [0.4, 0.5) is 0 Å². The molecule has 0 aliphatic heterocycles. The molecule has 1 atom stereocenters. The monoisotopic (exact) mass is 370 g/mol. The Balaban J connectivity index is 2.29. The van der Waals surface area contributed by atoms with Crippen LogP contribution < -0.4 is 14.9 Å². The minimum Gasteiger partial charge on any atom is -0.351 e. The highest BCUT2D eigenvalue weighted by atomic mass is 32.2. The quantitative estimate of drug-likeness (QED) is 0.499. The predicted molar refractivity (Wildman–Crippen MR) is 101 cm³/mol. The van der Waals surface area contributed by atoms with Gasteiger partial charge < -0.3 is 10.2 Å². The summed E-state index contributed by atoms with van der Waals surface area (Å²) >= 11 is 0. The van der Waals surface area contributed by atoms with Gasteiger partial charge in [-0.2, -0.15) is 0 Å². The number of quaternary nitrogens is 1. The average molecular weight is 371 g/mol. The summed E-state index contributed by atoms with van der Waals surface area (Å²) in [6, 6.07) is 8.67. The Labute approximate surface area is 152 Å². The van der Waals surface area contributed by atoms with E-state index in [1.807, 2.05) is 13.0 Å². The minimum atomic E-state index is -3.39. The van der Waals surface area contributed by atoms with E-state index in [1.165, 1.54) is 4.90 Å². The molecule has 0 aliphatic carbocycles. The normalized spacial score (nSPS) is 13.0. The number of nitrogens with one attached hydrogen (secondary N) is 3. The molecule has 25 heavy (non-hydrogen) atoms. The van der Waals surface area contributed by atoms with Gasteiger partial charge in [0.2, 0.25) is 10.0 Å². The third-order valence-electron chi connectivity index (χ3n) is 4.24. The average Bonchev–Trinajstić information content (AvgIpc) is 2.58. The van der Waals surface area contributed by atoms with Crippen LogP contribution in [0.25, 0.3) is 0 Å². The Hall–Kier alpha value is -1.44. The number of carbonyl (C=O) groups excluding carboxylic acids is 1. The van der Waals surface area contributed by atoms with E-state index in [4.69, 9.17) is 0 Å². The van der Waals surface area contributed by atoms with Crippen molar-refractivity contribution < 1.29 is 18.1 Å². The Morgan fingerprint density at radius 2 is 1.80 bits per heavy atom. The molecule has 0 bridgehead atoms. The fraction of sp³-hybridized carbons (Fsp3) is 0.611. The smallest absolute Gasteiger partial charge is 0.251 e. The Morgan fingerprint density at radius 3 is 2.40 bits per heavy atom. The van der Waals surface area contributed by atoms with E-state index in [-0.39, 0.29) is 24.2 Å². The largest absolute Gasteiger partial charge is 0.351 e. The van der Waals surface area contributed by atoms with Gasteiger partial charge in [0.15, 0.2) is 0 Å². The lowest BCUT2D eigenvalue weighted by Gasteiger charge is -2.18. The Kier molecular flexibility index (Phi) is 9.70. The first kappa shape index (κ1) is 21.6. The predicted octanol–water partition coefficient (Wildman–Crippen LogP) is 0.429. The van der Waals surface area contributed by atoms with Gasteiger partial charge in [0.25, 0.3) is 5.91 Å². The molecule has 1 amide bonds. The molecule has 1 aromatic carbocycles. The maximum absolute atomic E-state index is 12.1. The summed E-state index contributed by atoms with van der Waals surface area (Å²) in [5.41, 5.74) is 0.528. The fourth-order valence-corrected chi connectivity index (χ4v) is 3.90. The third-order valence-corrected chi connectivity index (χ3v) is 5.74. The highest BCUT2D eigenvalue weighted by Gasteiger charge is 2.15. The molecule has 0 unspecified atom stereocenters. The van der Waals surface area contributed by atoms with Crippen LogP contribution in [-0.2, 0) is 10.0 Å². The molecule has 0 aliphatic rings. The lowest BCUT2D eigenvalue weighted by atomic mass is 10.2. The van der Waals surface area contributed by atoms with Crippen LogP contribution >= 0.6 is 0 Å². The lowest BCUT2D eigenvalue weighted by molar-refractivity contribution is -0.896. The van der Waals surface area contributed by atoms with Gasteiger partial charge in [0, 0.05) is 18.2 Å². The molecule has 0 spiro atoms. The van der Waals surface area contributed by atoms with E-state index in [1.54, 1.807) is 24.3 Å². The molecule has 0 saturated heterocycles. The molecule has 7 heteroatoms. The Morgan fingerprint density at radius 1 is 1.16 bits per heavy atom. The number of benzene rings is 1. The van der Waals surface area contributed by atoms with E-state index in [0.29, 0.717) is 5.56 Å². The molecule has 3 N–H and O–H groups in total. The van der Waals surface area contributed by atoms with Gasteiger partial charge >= 0.3 is 0 Å². The SMILES string of the molecule is CC[NH+](CC)CCC[C@H](C)NS(=O)(=O)CCNC(=O)c1ccccc1. The first-order valence-electron chi connectivity index (χ1n) is 9.04. The second kappa shape index (κ2) is 11.2. The van der Waals surface area contributed by atoms with Crippen LogP contribution in [-0.4, -0.2) is 52.3 Å². The van der Waals surface area contributed by atoms with E-state index >= 15 is 0 Å². The van der Waals surface area contributed by atoms with Gasteiger partial charge in [-0.1, -0.05) is 18.2 Å². The summed E-state index contributed by atoms with van der Waals surface area (Å²) in [4.78, 5) is 13.4. The second-order valence-electron chi connectivity index (χ2n) is 6.31. The molecular formula is C18H32N3O3S+. The molecule has 1 rings (SSSR count). The zero-order valence-electron chi connectivity index (χ0n) is 15.5. The first-order chi connectivity index (χ1) is 11.9. The topological polar surface area (TPSA) is 79.7 Å². The van der Waals surface area contributed by atoms with Crippen molar-refractivity contribution in [2.24, 2.45) is 0 Å². The number of carbonyl (C=O) groups is 1.